The van der Waals surface area contributed by atoms with Crippen molar-refractivity contribution in [1.29, 1.82) is 0 Å². The first-order valence-electron chi connectivity index (χ1n) is 6.43. The topological polar surface area (TPSA) is 17.1 Å². The smallest absolute Gasteiger partial charge is 0.194 e. The molecule has 0 amide bonds. The lowest BCUT2D eigenvalue weighted by Crippen LogP contribution is -1.95. The van der Waals surface area contributed by atoms with Gasteiger partial charge in [-0.25, -0.2) is 0 Å². The van der Waals surface area contributed by atoms with Gasteiger partial charge in [-0.05, 0) is 11.1 Å². The van der Waals surface area contributed by atoms with Crippen molar-refractivity contribution in [2.24, 2.45) is 0 Å². The molecule has 1 aromatic carbocycles. The number of ketones is 1. The van der Waals surface area contributed by atoms with Gasteiger partial charge in [0.25, 0.3) is 0 Å². The summed E-state index contributed by atoms with van der Waals surface area (Å²) in [5.41, 5.74) is 3.25. The molecule has 0 N–H and O–H groups in total. The van der Waals surface area contributed by atoms with E-state index in [0.717, 1.165) is 16.7 Å². The zero-order chi connectivity index (χ0) is 14.1. The number of carbonyl (C=O) groups excluding carboxylic acids is 1. The molecule has 0 bridgehead atoms. The van der Waals surface area contributed by atoms with Crippen molar-refractivity contribution in [3.63, 3.8) is 0 Å². The molecular formula is C17H22O. The monoisotopic (exact) mass is 242 g/mol. The maximum absolute atomic E-state index is 11.8. The van der Waals surface area contributed by atoms with Crippen LogP contribution in [0.4, 0.5) is 0 Å². The summed E-state index contributed by atoms with van der Waals surface area (Å²) < 4.78 is 0. The molecule has 18 heavy (non-hydrogen) atoms. The zero-order valence-electron chi connectivity index (χ0n) is 11.8. The van der Waals surface area contributed by atoms with Gasteiger partial charge in [0.2, 0.25) is 0 Å². The third-order valence-corrected chi connectivity index (χ3v) is 2.40. The molecule has 1 nitrogen and oxygen atoms in total. The predicted octanol–water partition coefficient (Wildman–Crippen LogP) is 5.06. The van der Waals surface area contributed by atoms with E-state index < -0.39 is 0 Å². The third kappa shape index (κ3) is 2.86. The van der Waals surface area contributed by atoms with Gasteiger partial charge in [0.15, 0.2) is 5.78 Å². The Hall–Kier alpha value is -1.89. The summed E-state index contributed by atoms with van der Waals surface area (Å²) in [5.74, 6) is 0.0468. The molecule has 0 atom stereocenters. The molecule has 1 aliphatic carbocycles. The fourth-order valence-corrected chi connectivity index (χ4v) is 1.75. The first-order valence-corrected chi connectivity index (χ1v) is 6.43. The van der Waals surface area contributed by atoms with Crippen molar-refractivity contribution in [2.75, 3.05) is 0 Å². The maximum atomic E-state index is 11.8. The summed E-state index contributed by atoms with van der Waals surface area (Å²) in [6, 6.07) is 7.55. The van der Waals surface area contributed by atoms with Crippen LogP contribution in [-0.2, 0) is 0 Å². The highest BCUT2D eigenvalue weighted by atomic mass is 16.1. The van der Waals surface area contributed by atoms with Crippen molar-refractivity contribution in [2.45, 2.75) is 27.7 Å². The van der Waals surface area contributed by atoms with E-state index in [9.17, 15) is 4.79 Å². The average molecular weight is 242 g/mol. The van der Waals surface area contributed by atoms with Crippen LogP contribution in [-0.4, -0.2) is 5.78 Å². The Morgan fingerprint density at radius 1 is 0.833 bits per heavy atom. The van der Waals surface area contributed by atoms with Crippen molar-refractivity contribution in [1.82, 2.24) is 0 Å². The van der Waals surface area contributed by atoms with E-state index in [0.29, 0.717) is 5.57 Å². The molecule has 1 aliphatic rings. The van der Waals surface area contributed by atoms with E-state index in [2.05, 4.69) is 13.2 Å². The van der Waals surface area contributed by atoms with Crippen LogP contribution in [0.5, 0.6) is 0 Å². The second kappa shape index (κ2) is 8.24. The molecule has 0 heterocycles. The van der Waals surface area contributed by atoms with Gasteiger partial charge in [0.05, 0.1) is 0 Å². The molecule has 0 fully saturated rings. The van der Waals surface area contributed by atoms with E-state index in [1.54, 1.807) is 12.2 Å². The number of Topliss-reactive ketones (excluding diaryl/α,β-unsaturated/α-hetero) is 1. The Morgan fingerprint density at radius 3 is 1.72 bits per heavy atom. The third-order valence-electron chi connectivity index (χ3n) is 2.40. The maximum Gasteiger partial charge on any atom is 0.194 e. The fraction of sp³-hybridized carbons (Fsp3) is 0.235. The minimum absolute atomic E-state index is 0.0468. The Kier molecular flexibility index (Phi) is 7.37. The summed E-state index contributed by atoms with van der Waals surface area (Å²) in [6.45, 7) is 15.4. The zero-order valence-corrected chi connectivity index (χ0v) is 11.8. The van der Waals surface area contributed by atoms with Gasteiger partial charge in [0, 0.05) is 11.1 Å². The summed E-state index contributed by atoms with van der Waals surface area (Å²) >= 11 is 0. The van der Waals surface area contributed by atoms with Crippen LogP contribution in [0, 0.1) is 0 Å². The Bertz CT molecular complexity index is 464. The van der Waals surface area contributed by atoms with Crippen molar-refractivity contribution >= 4 is 11.4 Å². The van der Waals surface area contributed by atoms with Crippen LogP contribution in [0.3, 0.4) is 0 Å². The van der Waals surface area contributed by atoms with Gasteiger partial charge in [-0.15, -0.1) is 0 Å². The van der Waals surface area contributed by atoms with Crippen LogP contribution in [0.2, 0.25) is 0 Å². The van der Waals surface area contributed by atoms with E-state index >= 15 is 0 Å². The highest BCUT2D eigenvalue weighted by Gasteiger charge is 2.25. The number of hydrogen-bond acceptors (Lipinski definition) is 1. The highest BCUT2D eigenvalue weighted by Crippen LogP contribution is 2.33. The predicted molar refractivity (Wildman–Crippen MR) is 80.8 cm³/mol. The van der Waals surface area contributed by atoms with Crippen LogP contribution >= 0.6 is 0 Å². The van der Waals surface area contributed by atoms with Gasteiger partial charge in [-0.2, -0.15) is 0 Å². The number of hydrogen-bond donors (Lipinski definition) is 0. The van der Waals surface area contributed by atoms with Gasteiger partial charge < -0.3 is 0 Å². The summed E-state index contributed by atoms with van der Waals surface area (Å²) in [5, 5.41) is 0. The molecular weight excluding hydrogens is 220 g/mol. The molecule has 0 aromatic heterocycles. The quantitative estimate of drug-likeness (QED) is 0.708. The molecule has 0 spiro atoms. The number of rotatable bonds is 2. The highest BCUT2D eigenvalue weighted by molar-refractivity contribution is 6.23. The summed E-state index contributed by atoms with van der Waals surface area (Å²) in [7, 11) is 0. The molecule has 0 saturated carbocycles. The van der Waals surface area contributed by atoms with Crippen LogP contribution in [0.15, 0.2) is 55.1 Å². The standard InChI is InChI=1S/C13H10O.2C2H6/c1-3-9-10(4-2)13(14)12-8-6-5-7-11(9)12;2*1-2/h3-8H,1-2H2;2*1-2H3. The molecule has 2 rings (SSSR count). The Morgan fingerprint density at radius 2 is 1.28 bits per heavy atom. The molecule has 0 unspecified atom stereocenters. The van der Waals surface area contributed by atoms with E-state index in [1.165, 1.54) is 0 Å². The van der Waals surface area contributed by atoms with Crippen molar-refractivity contribution in [3.05, 3.63) is 66.3 Å². The minimum Gasteiger partial charge on any atom is -0.289 e. The van der Waals surface area contributed by atoms with Crippen LogP contribution in [0.25, 0.3) is 5.57 Å². The largest absolute Gasteiger partial charge is 0.289 e. The second-order valence-corrected chi connectivity index (χ2v) is 3.11. The molecule has 0 radical (unpaired) electrons. The second-order valence-electron chi connectivity index (χ2n) is 3.11. The number of carbonyl (C=O) groups is 1. The SMILES string of the molecule is C=CC1=C(C=C)c2ccccc2C1=O.CC.CC. The van der Waals surface area contributed by atoms with Crippen LogP contribution in [0.1, 0.15) is 43.6 Å². The molecule has 1 aromatic rings. The first-order chi connectivity index (χ1) is 8.79. The van der Waals surface area contributed by atoms with Gasteiger partial charge in [-0.1, -0.05) is 77.3 Å². The lowest BCUT2D eigenvalue weighted by atomic mass is 10.1. The first kappa shape index (κ1) is 16.1. The normalized spacial score (nSPS) is 11.7. The minimum atomic E-state index is 0.0468. The lowest BCUT2D eigenvalue weighted by molar-refractivity contribution is 0.104. The summed E-state index contributed by atoms with van der Waals surface area (Å²) in [6.07, 6.45) is 3.31. The number of fused-ring (bicyclic) bond motifs is 1. The number of allylic oxidation sites excluding steroid dienone is 4. The number of benzene rings is 1. The Balaban J connectivity index is 0.000000659. The van der Waals surface area contributed by atoms with E-state index in [4.69, 9.17) is 0 Å². The molecule has 0 saturated heterocycles. The van der Waals surface area contributed by atoms with Gasteiger partial charge in [0.1, 0.15) is 0 Å². The molecule has 0 aliphatic heterocycles. The van der Waals surface area contributed by atoms with E-state index in [-0.39, 0.29) is 5.78 Å². The van der Waals surface area contributed by atoms with Crippen LogP contribution < -0.4 is 0 Å². The van der Waals surface area contributed by atoms with Gasteiger partial charge >= 0.3 is 0 Å². The fourth-order valence-electron chi connectivity index (χ4n) is 1.75. The van der Waals surface area contributed by atoms with E-state index in [1.807, 2.05) is 52.0 Å². The average Bonchev–Trinajstić information content (AvgIpc) is 2.75. The lowest BCUT2D eigenvalue weighted by Gasteiger charge is -1.97. The van der Waals surface area contributed by atoms with Gasteiger partial charge in [-0.3, -0.25) is 4.79 Å². The van der Waals surface area contributed by atoms with Crippen molar-refractivity contribution in [3.8, 4) is 0 Å². The molecule has 96 valence electrons. The van der Waals surface area contributed by atoms with Crippen molar-refractivity contribution < 1.29 is 4.79 Å². The summed E-state index contributed by atoms with van der Waals surface area (Å²) in [4.78, 5) is 11.8. The Labute approximate surface area is 111 Å². The molecule has 1 heteroatoms.